The molecule has 1 atom stereocenters. The molecule has 1 aromatic carbocycles. The van der Waals surface area contributed by atoms with E-state index < -0.39 is 6.10 Å². The highest BCUT2D eigenvalue weighted by molar-refractivity contribution is 9.11. The monoisotopic (exact) mass is 393 g/mol. The van der Waals surface area contributed by atoms with Crippen molar-refractivity contribution in [2.24, 2.45) is 0 Å². The molecule has 0 radical (unpaired) electrons. The zero-order valence-corrected chi connectivity index (χ0v) is 14.8. The normalized spacial score (nSPS) is 16.0. The molecule has 4 nitrogen and oxygen atoms in total. The van der Waals surface area contributed by atoms with E-state index in [1.165, 1.54) is 0 Å². The highest BCUT2D eigenvalue weighted by Gasteiger charge is 2.30. The number of halogens is 1. The highest BCUT2D eigenvalue weighted by Crippen LogP contribution is 2.31. The molecule has 2 aromatic rings. The lowest BCUT2D eigenvalue weighted by atomic mass is 10.2. The van der Waals surface area contributed by atoms with E-state index in [1.807, 2.05) is 36.4 Å². The Bertz CT molecular complexity index is 715. The molecule has 120 valence electrons. The number of carbonyl (C=O) groups is 1. The van der Waals surface area contributed by atoms with Crippen molar-refractivity contribution >= 4 is 33.2 Å². The van der Waals surface area contributed by atoms with Gasteiger partial charge in [0.1, 0.15) is 6.61 Å². The van der Waals surface area contributed by atoms with Gasteiger partial charge in [0.05, 0.1) is 10.3 Å². The van der Waals surface area contributed by atoms with Crippen molar-refractivity contribution in [1.82, 2.24) is 4.90 Å². The zero-order chi connectivity index (χ0) is 16.2. The number of hydrogen-bond donors (Lipinski definition) is 0. The Morgan fingerprint density at radius 2 is 2.13 bits per heavy atom. The molecule has 0 N–H and O–H groups in total. The van der Waals surface area contributed by atoms with Crippen LogP contribution in [0.25, 0.3) is 0 Å². The van der Waals surface area contributed by atoms with Crippen LogP contribution in [0.5, 0.6) is 11.5 Å². The summed E-state index contributed by atoms with van der Waals surface area (Å²) in [6.07, 6.45) is 1.09. The number of nitrogens with zero attached hydrogens (tertiary/aromatic N) is 1. The first-order valence-electron chi connectivity index (χ1n) is 7.20. The predicted octanol–water partition coefficient (Wildman–Crippen LogP) is 3.87. The van der Waals surface area contributed by atoms with Gasteiger partial charge in [-0.2, -0.15) is 0 Å². The Labute approximate surface area is 147 Å². The molecule has 1 aromatic heterocycles. The first-order valence-corrected chi connectivity index (χ1v) is 8.80. The van der Waals surface area contributed by atoms with Gasteiger partial charge in [0.25, 0.3) is 5.91 Å². The van der Waals surface area contributed by atoms with Gasteiger partial charge in [0.15, 0.2) is 11.5 Å². The van der Waals surface area contributed by atoms with Crippen molar-refractivity contribution in [2.75, 3.05) is 13.2 Å². The largest absolute Gasteiger partial charge is 0.485 e. The summed E-state index contributed by atoms with van der Waals surface area (Å²) in [5, 5.41) is 0. The van der Waals surface area contributed by atoms with Crippen molar-refractivity contribution in [3.63, 3.8) is 0 Å². The van der Waals surface area contributed by atoms with Crippen molar-refractivity contribution in [1.29, 1.82) is 0 Å². The average Bonchev–Trinajstić information content (AvgIpc) is 2.98. The molecule has 1 aliphatic rings. The zero-order valence-electron chi connectivity index (χ0n) is 12.4. The summed E-state index contributed by atoms with van der Waals surface area (Å²) in [6.45, 7) is 4.96. The number of thiophene rings is 1. The third-order valence-electron chi connectivity index (χ3n) is 3.42. The molecular weight excluding hydrogens is 378 g/mol. The van der Waals surface area contributed by atoms with Crippen molar-refractivity contribution in [2.45, 2.75) is 12.6 Å². The number of para-hydroxylation sites is 2. The summed E-state index contributed by atoms with van der Waals surface area (Å²) < 4.78 is 12.5. The Morgan fingerprint density at radius 1 is 1.35 bits per heavy atom. The Morgan fingerprint density at radius 3 is 2.83 bits per heavy atom. The lowest BCUT2D eigenvalue weighted by Crippen LogP contribution is -2.46. The first kappa shape index (κ1) is 16.1. The molecule has 6 heteroatoms. The summed E-state index contributed by atoms with van der Waals surface area (Å²) in [5.41, 5.74) is 0. The maximum atomic E-state index is 12.8. The van der Waals surface area contributed by atoms with E-state index in [0.717, 1.165) is 8.66 Å². The van der Waals surface area contributed by atoms with Gasteiger partial charge in [0, 0.05) is 11.4 Å². The van der Waals surface area contributed by atoms with Crippen LogP contribution in [0.3, 0.4) is 0 Å². The van der Waals surface area contributed by atoms with Crippen LogP contribution in [0.1, 0.15) is 4.88 Å². The van der Waals surface area contributed by atoms with Gasteiger partial charge in [-0.25, -0.2) is 0 Å². The number of carbonyl (C=O) groups excluding carboxylic acids is 1. The molecule has 2 heterocycles. The molecular formula is C17H16BrNO3S. The molecule has 0 fully saturated rings. The van der Waals surface area contributed by atoms with E-state index in [9.17, 15) is 4.79 Å². The van der Waals surface area contributed by atoms with E-state index >= 15 is 0 Å². The molecule has 0 bridgehead atoms. The van der Waals surface area contributed by atoms with Gasteiger partial charge in [-0.15, -0.1) is 17.9 Å². The third-order valence-corrected chi connectivity index (χ3v) is 5.03. The Hall–Kier alpha value is -1.79. The summed E-state index contributed by atoms with van der Waals surface area (Å²) in [6, 6.07) is 11.4. The van der Waals surface area contributed by atoms with E-state index in [-0.39, 0.29) is 12.5 Å². The Kier molecular flexibility index (Phi) is 5.03. The van der Waals surface area contributed by atoms with E-state index in [4.69, 9.17) is 9.47 Å². The molecule has 23 heavy (non-hydrogen) atoms. The van der Waals surface area contributed by atoms with Crippen LogP contribution in [0.15, 0.2) is 52.8 Å². The summed E-state index contributed by atoms with van der Waals surface area (Å²) in [4.78, 5) is 15.6. The molecule has 3 rings (SSSR count). The third kappa shape index (κ3) is 3.76. The summed E-state index contributed by atoms with van der Waals surface area (Å²) in [7, 11) is 0. The second-order valence-electron chi connectivity index (χ2n) is 5.08. The fourth-order valence-corrected chi connectivity index (χ4v) is 3.86. The SMILES string of the molecule is C=CCN(Cc1ccc(Br)s1)C(=O)[C@@H]1COc2ccccc2O1. The van der Waals surface area contributed by atoms with Gasteiger partial charge >= 0.3 is 0 Å². The van der Waals surface area contributed by atoms with Crippen LogP contribution in [-0.4, -0.2) is 30.1 Å². The molecule has 1 aliphatic heterocycles. The fraction of sp³-hybridized carbons (Fsp3) is 0.235. The predicted molar refractivity (Wildman–Crippen MR) is 94.0 cm³/mol. The molecule has 0 saturated heterocycles. The lowest BCUT2D eigenvalue weighted by Gasteiger charge is -2.30. The number of hydrogen-bond acceptors (Lipinski definition) is 4. The second-order valence-corrected chi connectivity index (χ2v) is 7.63. The molecule has 0 spiro atoms. The minimum Gasteiger partial charge on any atom is -0.485 e. The molecule has 0 saturated carbocycles. The van der Waals surface area contributed by atoms with E-state index in [1.54, 1.807) is 22.3 Å². The maximum absolute atomic E-state index is 12.8. The first-order chi connectivity index (χ1) is 11.2. The van der Waals surface area contributed by atoms with Gasteiger partial charge in [-0.05, 0) is 40.2 Å². The van der Waals surface area contributed by atoms with Crippen LogP contribution in [0.4, 0.5) is 0 Å². The van der Waals surface area contributed by atoms with Gasteiger partial charge < -0.3 is 14.4 Å². The minimum absolute atomic E-state index is 0.0936. The smallest absolute Gasteiger partial charge is 0.267 e. The van der Waals surface area contributed by atoms with Gasteiger partial charge in [-0.3, -0.25) is 4.79 Å². The molecule has 0 unspecified atom stereocenters. The van der Waals surface area contributed by atoms with E-state index in [2.05, 4.69) is 22.5 Å². The van der Waals surface area contributed by atoms with Crippen molar-refractivity contribution in [3.8, 4) is 11.5 Å². The average molecular weight is 394 g/mol. The van der Waals surface area contributed by atoms with Crippen LogP contribution in [-0.2, 0) is 11.3 Å². The van der Waals surface area contributed by atoms with Gasteiger partial charge in [0.2, 0.25) is 6.10 Å². The topological polar surface area (TPSA) is 38.8 Å². The lowest BCUT2D eigenvalue weighted by molar-refractivity contribution is -0.141. The number of amides is 1. The molecule has 0 aliphatic carbocycles. The summed E-state index contributed by atoms with van der Waals surface area (Å²) >= 11 is 5.05. The van der Waals surface area contributed by atoms with Gasteiger partial charge in [-0.1, -0.05) is 18.2 Å². The second kappa shape index (κ2) is 7.19. The highest BCUT2D eigenvalue weighted by atomic mass is 79.9. The number of rotatable bonds is 5. The minimum atomic E-state index is -0.631. The van der Waals surface area contributed by atoms with Crippen LogP contribution < -0.4 is 9.47 Å². The van der Waals surface area contributed by atoms with Crippen LogP contribution in [0.2, 0.25) is 0 Å². The standard InChI is InChI=1S/C17H16BrNO3S/c1-2-9-19(10-12-7-8-16(18)23-12)17(20)15-11-21-13-5-3-4-6-14(13)22-15/h2-8,15H,1,9-11H2/t15-/m0/s1. The number of ether oxygens (including phenoxy) is 2. The number of fused-ring (bicyclic) bond motifs is 1. The molecule has 1 amide bonds. The summed E-state index contributed by atoms with van der Waals surface area (Å²) in [5.74, 6) is 1.19. The van der Waals surface area contributed by atoms with Crippen molar-refractivity contribution < 1.29 is 14.3 Å². The maximum Gasteiger partial charge on any atom is 0.267 e. The number of benzene rings is 1. The quantitative estimate of drug-likeness (QED) is 0.723. The Balaban J connectivity index is 1.72. The van der Waals surface area contributed by atoms with Crippen molar-refractivity contribution in [3.05, 3.63) is 57.7 Å². The van der Waals surface area contributed by atoms with Crippen LogP contribution >= 0.6 is 27.3 Å². The fourth-order valence-electron chi connectivity index (χ4n) is 2.36. The van der Waals surface area contributed by atoms with E-state index in [0.29, 0.717) is 24.6 Å². The van der Waals surface area contributed by atoms with Crippen LogP contribution in [0, 0.1) is 0 Å².